The van der Waals surface area contributed by atoms with Gasteiger partial charge in [-0.05, 0) is 12.1 Å². The fourth-order valence-corrected chi connectivity index (χ4v) is 4.98. The molecule has 1 fully saturated rings. The lowest BCUT2D eigenvalue weighted by atomic mass is 9.97. The second kappa shape index (κ2) is 18.5. The van der Waals surface area contributed by atoms with Crippen molar-refractivity contribution in [1.82, 2.24) is 15.0 Å². The van der Waals surface area contributed by atoms with Gasteiger partial charge in [-0.15, -0.1) is 5.10 Å². The molecule has 0 aliphatic carbocycles. The molecule has 3 rings (SSSR count). The number of carbonyl (C=O) groups is 7. The van der Waals surface area contributed by atoms with Gasteiger partial charge < -0.3 is 42.6 Å². The Morgan fingerprint density at radius 1 is 0.706 bits per heavy atom. The number of aromatic nitrogens is 3. The Morgan fingerprint density at radius 2 is 1.27 bits per heavy atom. The normalized spacial score (nSPS) is 21.5. The summed E-state index contributed by atoms with van der Waals surface area (Å²) in [6.45, 7) is 6.20. The van der Waals surface area contributed by atoms with E-state index in [1.807, 2.05) is 0 Å². The molecule has 278 valence electrons. The van der Waals surface area contributed by atoms with E-state index in [2.05, 4.69) is 10.2 Å². The van der Waals surface area contributed by atoms with Gasteiger partial charge in [-0.25, -0.2) is 0 Å². The smallest absolute Gasteiger partial charge is 0.303 e. The molecule has 1 aromatic carbocycles. The fraction of sp³-hybridized carbons (Fsp3) is 0.531. The average Bonchev–Trinajstić information content (AvgIpc) is 3.52. The molecule has 0 spiro atoms. The van der Waals surface area contributed by atoms with Crippen molar-refractivity contribution in [3.8, 4) is 5.69 Å². The number of carbonyl (C=O) groups excluding carboxylic acids is 7. The molecular formula is C32H39N3O16. The largest absolute Gasteiger partial charge is 0.463 e. The lowest BCUT2D eigenvalue weighted by molar-refractivity contribution is -0.329. The van der Waals surface area contributed by atoms with Crippen molar-refractivity contribution in [2.75, 3.05) is 13.2 Å². The Hall–Kier alpha value is -5.43. The number of hydrogen-bond acceptors (Lipinski definition) is 18. The minimum absolute atomic E-state index is 0.0512. The summed E-state index contributed by atoms with van der Waals surface area (Å²) in [7, 11) is 0. The van der Waals surface area contributed by atoms with Crippen molar-refractivity contribution in [3.05, 3.63) is 42.2 Å². The minimum Gasteiger partial charge on any atom is -0.463 e. The first-order valence-electron chi connectivity index (χ1n) is 15.5. The van der Waals surface area contributed by atoms with Gasteiger partial charge in [-0.1, -0.05) is 18.2 Å². The van der Waals surface area contributed by atoms with Crippen molar-refractivity contribution in [1.29, 1.82) is 0 Å². The zero-order valence-corrected chi connectivity index (χ0v) is 28.9. The van der Waals surface area contributed by atoms with E-state index in [0.29, 0.717) is 5.69 Å². The van der Waals surface area contributed by atoms with Crippen LogP contribution in [0.5, 0.6) is 0 Å². The van der Waals surface area contributed by atoms with E-state index in [4.69, 9.17) is 42.6 Å². The van der Waals surface area contributed by atoms with Gasteiger partial charge in [0.1, 0.15) is 31.1 Å². The summed E-state index contributed by atoms with van der Waals surface area (Å²) in [6, 6.07) is 8.62. The first-order chi connectivity index (χ1) is 24.0. The molecule has 2 aromatic rings. The third kappa shape index (κ3) is 12.1. The summed E-state index contributed by atoms with van der Waals surface area (Å²) in [5.74, 6) is -5.97. The molecule has 3 unspecified atom stereocenters. The highest BCUT2D eigenvalue weighted by atomic mass is 16.7. The fourth-order valence-electron chi connectivity index (χ4n) is 4.98. The molecule has 1 aliphatic heterocycles. The van der Waals surface area contributed by atoms with Gasteiger partial charge in [0, 0.05) is 48.5 Å². The van der Waals surface area contributed by atoms with Gasteiger partial charge in [0.15, 0.2) is 36.8 Å². The monoisotopic (exact) mass is 721 g/mol. The van der Waals surface area contributed by atoms with Crippen LogP contribution in [0, 0.1) is 0 Å². The molecule has 0 bridgehead atoms. The van der Waals surface area contributed by atoms with Crippen LogP contribution in [0.4, 0.5) is 0 Å². The Kier molecular flexibility index (Phi) is 14.5. The van der Waals surface area contributed by atoms with Crippen LogP contribution in [-0.2, 0) is 76.2 Å². The molecule has 51 heavy (non-hydrogen) atoms. The maximum atomic E-state index is 12.6. The summed E-state index contributed by atoms with van der Waals surface area (Å²) in [6.07, 6.45) is -11.8. The van der Waals surface area contributed by atoms with Gasteiger partial charge in [0.05, 0.1) is 11.9 Å². The topological polar surface area (TPSA) is 233 Å². The number of benzene rings is 1. The average molecular weight is 722 g/mol. The van der Waals surface area contributed by atoms with Crippen molar-refractivity contribution in [2.24, 2.45) is 0 Å². The van der Waals surface area contributed by atoms with E-state index >= 15 is 0 Å². The van der Waals surface area contributed by atoms with E-state index in [-0.39, 0.29) is 5.69 Å². The van der Waals surface area contributed by atoms with Crippen molar-refractivity contribution < 1.29 is 76.2 Å². The predicted octanol–water partition coefficient (Wildman–Crippen LogP) is 0.835. The molecule has 2 heterocycles. The molecule has 1 saturated heterocycles. The van der Waals surface area contributed by atoms with Crippen LogP contribution in [0.1, 0.15) is 60.3 Å². The highest BCUT2D eigenvalue weighted by Gasteiger charge is 2.55. The first-order valence-corrected chi connectivity index (χ1v) is 15.5. The van der Waals surface area contributed by atoms with Crippen LogP contribution in [0.3, 0.4) is 0 Å². The van der Waals surface area contributed by atoms with E-state index in [9.17, 15) is 33.6 Å². The highest BCUT2D eigenvalue weighted by molar-refractivity contribution is 5.69. The summed E-state index contributed by atoms with van der Waals surface area (Å²) >= 11 is 0. The van der Waals surface area contributed by atoms with Crippen LogP contribution in [0.25, 0.3) is 5.69 Å². The molecule has 1 aliphatic rings. The van der Waals surface area contributed by atoms with Crippen LogP contribution in [0.2, 0.25) is 0 Å². The van der Waals surface area contributed by atoms with E-state index < -0.39 is 104 Å². The summed E-state index contributed by atoms with van der Waals surface area (Å²) < 4.78 is 50.2. The van der Waals surface area contributed by atoms with Crippen LogP contribution >= 0.6 is 0 Å². The Bertz CT molecular complexity index is 1560. The predicted molar refractivity (Wildman–Crippen MR) is 165 cm³/mol. The van der Waals surface area contributed by atoms with Gasteiger partial charge in [-0.2, -0.15) is 9.90 Å². The number of ether oxygens (including phenoxy) is 9. The highest BCUT2D eigenvalue weighted by Crippen LogP contribution is 2.35. The standard InChI is InChI=1S/C32H39N3O16/c1-16(36)43-14-25(45-18(3)38)28(27(46-19(4)39)24-13-33-35(34-24)23-11-9-8-10-12-23)51-32-31(49-22(7)42)30(48-21(6)41)29(47-20(5)40)26(50-32)15-44-17(2)37/h8-13,25-32H,14-15H2,1-7H3/t25?,26-,27?,28?,29+,30-,31-,32+/m1/s1. The molecule has 0 radical (unpaired) electrons. The van der Waals surface area contributed by atoms with E-state index in [1.165, 1.54) is 11.0 Å². The zero-order chi connectivity index (χ0) is 37.8. The maximum absolute atomic E-state index is 12.6. The summed E-state index contributed by atoms with van der Waals surface area (Å²) in [4.78, 5) is 86.8. The SMILES string of the molecule is CC(=O)OCC(OC(C)=O)C(O[C@@H]1O[C@H](COC(C)=O)[C@H](OC(C)=O)[C@@H](OC(C)=O)[C@H]1OC(C)=O)C(OC(C)=O)c1cnn(-c2ccccc2)n1. The molecule has 0 N–H and O–H groups in total. The second-order valence-corrected chi connectivity index (χ2v) is 11.0. The number of esters is 7. The van der Waals surface area contributed by atoms with Crippen molar-refractivity contribution >= 4 is 41.8 Å². The van der Waals surface area contributed by atoms with Gasteiger partial charge >= 0.3 is 41.8 Å². The summed E-state index contributed by atoms with van der Waals surface area (Å²) in [5, 5.41) is 8.66. The molecular weight excluding hydrogens is 682 g/mol. The lowest BCUT2D eigenvalue weighted by Crippen LogP contribution is -2.64. The number of para-hydroxylation sites is 1. The van der Waals surface area contributed by atoms with Gasteiger partial charge in [-0.3, -0.25) is 33.6 Å². The summed E-state index contributed by atoms with van der Waals surface area (Å²) in [5.41, 5.74) is 0.462. The molecule has 19 heteroatoms. The maximum Gasteiger partial charge on any atom is 0.303 e. The van der Waals surface area contributed by atoms with Gasteiger partial charge in [0.25, 0.3) is 0 Å². The Labute approximate surface area is 291 Å². The molecule has 0 saturated carbocycles. The lowest BCUT2D eigenvalue weighted by Gasteiger charge is -2.45. The number of rotatable bonds is 15. The van der Waals surface area contributed by atoms with Crippen molar-refractivity contribution in [2.45, 2.75) is 97.5 Å². The number of nitrogens with zero attached hydrogens (tertiary/aromatic N) is 3. The molecule has 1 aromatic heterocycles. The van der Waals surface area contributed by atoms with E-state index in [0.717, 1.165) is 48.5 Å². The Balaban J connectivity index is 2.23. The van der Waals surface area contributed by atoms with Crippen molar-refractivity contribution in [3.63, 3.8) is 0 Å². The quantitative estimate of drug-likeness (QED) is 0.183. The second-order valence-electron chi connectivity index (χ2n) is 11.0. The number of hydrogen-bond donors (Lipinski definition) is 0. The third-order valence-corrected chi connectivity index (χ3v) is 6.75. The van der Waals surface area contributed by atoms with Crippen LogP contribution in [0.15, 0.2) is 36.5 Å². The minimum atomic E-state index is -1.84. The first kappa shape index (κ1) is 40.0. The molecule has 19 nitrogen and oxygen atoms in total. The third-order valence-electron chi connectivity index (χ3n) is 6.75. The Morgan fingerprint density at radius 3 is 1.82 bits per heavy atom. The van der Waals surface area contributed by atoms with Gasteiger partial charge in [0.2, 0.25) is 0 Å². The van der Waals surface area contributed by atoms with E-state index in [1.54, 1.807) is 30.3 Å². The van der Waals surface area contributed by atoms with Crippen LogP contribution < -0.4 is 0 Å². The molecule has 0 amide bonds. The molecule has 8 atom stereocenters. The zero-order valence-electron chi connectivity index (χ0n) is 28.9. The van der Waals surface area contributed by atoms with Crippen LogP contribution in [-0.4, -0.2) is 113 Å².